The second-order valence-corrected chi connectivity index (χ2v) is 5.37. The summed E-state index contributed by atoms with van der Waals surface area (Å²) in [5.41, 5.74) is 5.80. The molecule has 0 aliphatic heterocycles. The van der Waals surface area contributed by atoms with Crippen molar-refractivity contribution < 1.29 is 9.84 Å². The van der Waals surface area contributed by atoms with Crippen LogP contribution in [0.2, 0.25) is 0 Å². The fourth-order valence-corrected chi connectivity index (χ4v) is 3.49. The fourth-order valence-electron chi connectivity index (χ4n) is 2.61. The molecule has 1 aliphatic rings. The first-order valence-corrected chi connectivity index (χ1v) is 7.22. The zero-order chi connectivity index (χ0) is 13.0. The van der Waals surface area contributed by atoms with Gasteiger partial charge in [-0.2, -0.15) is 4.37 Å². The number of aliphatic hydroxyl groups excluding tert-OH is 1. The molecule has 1 aromatic heterocycles. The van der Waals surface area contributed by atoms with Crippen molar-refractivity contribution in [2.45, 2.75) is 38.1 Å². The SMILES string of the molecule is COc1c(N)nsc1N(CCO)C1CCCCC1. The second kappa shape index (κ2) is 6.24. The van der Waals surface area contributed by atoms with E-state index in [9.17, 15) is 5.11 Å². The van der Waals surface area contributed by atoms with Gasteiger partial charge in [-0.1, -0.05) is 19.3 Å². The molecular weight excluding hydrogens is 250 g/mol. The first-order valence-electron chi connectivity index (χ1n) is 6.44. The molecule has 0 amide bonds. The summed E-state index contributed by atoms with van der Waals surface area (Å²) in [5.74, 6) is 1.09. The van der Waals surface area contributed by atoms with E-state index in [-0.39, 0.29) is 6.61 Å². The molecule has 3 N–H and O–H groups in total. The molecule has 5 nitrogen and oxygen atoms in total. The lowest BCUT2D eigenvalue weighted by Gasteiger charge is -2.34. The molecule has 1 saturated carbocycles. The van der Waals surface area contributed by atoms with E-state index in [1.54, 1.807) is 7.11 Å². The van der Waals surface area contributed by atoms with Crippen LogP contribution < -0.4 is 15.4 Å². The van der Waals surface area contributed by atoms with E-state index in [2.05, 4.69) is 9.27 Å². The molecule has 0 bridgehead atoms. The van der Waals surface area contributed by atoms with Crippen molar-refractivity contribution in [2.75, 3.05) is 30.9 Å². The molecule has 1 aromatic rings. The predicted molar refractivity (Wildman–Crippen MR) is 74.4 cm³/mol. The molecule has 0 unspecified atom stereocenters. The summed E-state index contributed by atoms with van der Waals surface area (Å²) in [6.45, 7) is 0.750. The minimum absolute atomic E-state index is 0.136. The largest absolute Gasteiger partial charge is 0.490 e. The number of aliphatic hydroxyl groups is 1. The Kier molecular flexibility index (Phi) is 4.66. The molecule has 0 saturated heterocycles. The molecule has 2 rings (SSSR count). The third kappa shape index (κ3) is 2.70. The average Bonchev–Trinajstić information content (AvgIpc) is 2.78. The van der Waals surface area contributed by atoms with Crippen LogP contribution in [-0.4, -0.2) is 35.8 Å². The highest BCUT2D eigenvalue weighted by molar-refractivity contribution is 7.11. The molecule has 102 valence electrons. The van der Waals surface area contributed by atoms with Crippen molar-refractivity contribution in [3.8, 4) is 5.75 Å². The zero-order valence-electron chi connectivity index (χ0n) is 10.8. The molecular formula is C12H21N3O2S. The zero-order valence-corrected chi connectivity index (χ0v) is 11.6. The predicted octanol–water partition coefficient (Wildman–Crippen LogP) is 1.87. The maximum Gasteiger partial charge on any atom is 0.197 e. The van der Waals surface area contributed by atoms with Crippen LogP contribution in [0.4, 0.5) is 10.8 Å². The quantitative estimate of drug-likeness (QED) is 0.855. The molecule has 0 atom stereocenters. The lowest BCUT2D eigenvalue weighted by atomic mass is 9.94. The summed E-state index contributed by atoms with van der Waals surface area (Å²) in [6, 6.07) is 0.472. The summed E-state index contributed by atoms with van der Waals surface area (Å²) >= 11 is 1.36. The van der Waals surface area contributed by atoms with Gasteiger partial charge in [0.25, 0.3) is 0 Å². The van der Waals surface area contributed by atoms with Crippen molar-refractivity contribution >= 4 is 22.4 Å². The van der Waals surface area contributed by atoms with Gasteiger partial charge in [-0.3, -0.25) is 0 Å². The highest BCUT2D eigenvalue weighted by Gasteiger charge is 2.26. The standard InChI is InChI=1S/C12H21N3O2S/c1-17-10-11(13)14-18-12(10)15(7-8-16)9-5-3-2-4-6-9/h9,16H,2-8H2,1H3,(H2,13,14). The van der Waals surface area contributed by atoms with Crippen molar-refractivity contribution in [2.24, 2.45) is 0 Å². The number of nitrogens with two attached hydrogens (primary N) is 1. The average molecular weight is 271 g/mol. The number of anilines is 2. The van der Waals surface area contributed by atoms with Crippen molar-refractivity contribution in [1.29, 1.82) is 0 Å². The number of aromatic nitrogens is 1. The van der Waals surface area contributed by atoms with Gasteiger partial charge < -0.3 is 20.5 Å². The Morgan fingerprint density at radius 3 is 2.78 bits per heavy atom. The van der Waals surface area contributed by atoms with Gasteiger partial charge >= 0.3 is 0 Å². The highest BCUT2D eigenvalue weighted by Crippen LogP contribution is 2.40. The Balaban J connectivity index is 2.22. The van der Waals surface area contributed by atoms with E-state index in [0.29, 0.717) is 24.2 Å². The Hall–Kier alpha value is -1.01. The van der Waals surface area contributed by atoms with Gasteiger partial charge in [0.1, 0.15) is 0 Å². The van der Waals surface area contributed by atoms with Crippen LogP contribution in [0.15, 0.2) is 0 Å². The van der Waals surface area contributed by atoms with E-state index < -0.39 is 0 Å². The molecule has 0 spiro atoms. The van der Waals surface area contributed by atoms with Crippen molar-refractivity contribution in [1.82, 2.24) is 4.37 Å². The first kappa shape index (κ1) is 13.4. The number of hydrogen-bond acceptors (Lipinski definition) is 6. The summed E-state index contributed by atoms with van der Waals surface area (Å²) in [4.78, 5) is 2.21. The molecule has 0 aromatic carbocycles. The van der Waals surface area contributed by atoms with Crippen molar-refractivity contribution in [3.63, 3.8) is 0 Å². The van der Waals surface area contributed by atoms with E-state index in [1.165, 1.54) is 43.6 Å². The highest BCUT2D eigenvalue weighted by atomic mass is 32.1. The number of nitrogen functional groups attached to an aromatic ring is 1. The van der Waals surface area contributed by atoms with Crippen molar-refractivity contribution in [3.05, 3.63) is 0 Å². The van der Waals surface area contributed by atoms with Crippen LogP contribution in [0.1, 0.15) is 32.1 Å². The number of hydrogen-bond donors (Lipinski definition) is 2. The minimum Gasteiger partial charge on any atom is -0.490 e. The lowest BCUT2D eigenvalue weighted by molar-refractivity contribution is 0.289. The number of methoxy groups -OCH3 is 1. The maximum atomic E-state index is 9.27. The minimum atomic E-state index is 0.136. The normalized spacial score (nSPS) is 16.8. The Morgan fingerprint density at radius 1 is 1.44 bits per heavy atom. The summed E-state index contributed by atoms with van der Waals surface area (Å²) < 4.78 is 9.49. The lowest BCUT2D eigenvalue weighted by Crippen LogP contribution is -2.38. The fraction of sp³-hybridized carbons (Fsp3) is 0.750. The number of ether oxygens (including phenoxy) is 1. The summed E-state index contributed by atoms with van der Waals surface area (Å²) in [7, 11) is 1.61. The molecule has 18 heavy (non-hydrogen) atoms. The van der Waals surface area contributed by atoms with Crippen LogP contribution in [0.3, 0.4) is 0 Å². The second-order valence-electron chi connectivity index (χ2n) is 4.62. The van der Waals surface area contributed by atoms with Crippen LogP contribution in [0.5, 0.6) is 5.75 Å². The monoisotopic (exact) mass is 271 g/mol. The molecule has 6 heteroatoms. The van der Waals surface area contributed by atoms with Crippen LogP contribution >= 0.6 is 11.5 Å². The van der Waals surface area contributed by atoms with Gasteiger partial charge in [-0.15, -0.1) is 0 Å². The van der Waals surface area contributed by atoms with Gasteiger partial charge in [0.05, 0.1) is 13.7 Å². The summed E-state index contributed by atoms with van der Waals surface area (Å²) in [5, 5.41) is 10.2. The van der Waals surface area contributed by atoms with E-state index >= 15 is 0 Å². The molecule has 1 aliphatic carbocycles. The van der Waals surface area contributed by atoms with Gasteiger partial charge in [-0.25, -0.2) is 0 Å². The third-order valence-electron chi connectivity index (χ3n) is 3.48. The smallest absolute Gasteiger partial charge is 0.197 e. The van der Waals surface area contributed by atoms with E-state index in [1.807, 2.05) is 0 Å². The third-order valence-corrected chi connectivity index (χ3v) is 4.36. The van der Waals surface area contributed by atoms with Crippen LogP contribution in [0, 0.1) is 0 Å². The topological polar surface area (TPSA) is 71.6 Å². The Morgan fingerprint density at radius 2 is 2.17 bits per heavy atom. The summed E-state index contributed by atoms with van der Waals surface area (Å²) in [6.07, 6.45) is 6.15. The van der Waals surface area contributed by atoms with Gasteiger partial charge in [0.15, 0.2) is 16.6 Å². The number of rotatable bonds is 5. The first-order chi connectivity index (χ1) is 8.77. The van der Waals surface area contributed by atoms with Crippen LogP contribution in [0.25, 0.3) is 0 Å². The van der Waals surface area contributed by atoms with E-state index in [4.69, 9.17) is 10.5 Å². The Bertz CT molecular complexity index is 377. The van der Waals surface area contributed by atoms with Crippen LogP contribution in [-0.2, 0) is 0 Å². The number of nitrogens with zero attached hydrogens (tertiary/aromatic N) is 2. The maximum absolute atomic E-state index is 9.27. The van der Waals surface area contributed by atoms with Gasteiger partial charge in [0.2, 0.25) is 0 Å². The molecule has 1 heterocycles. The van der Waals surface area contributed by atoms with Gasteiger partial charge in [-0.05, 0) is 24.4 Å². The molecule has 1 fully saturated rings. The Labute approximate surface area is 112 Å². The van der Waals surface area contributed by atoms with Gasteiger partial charge in [0, 0.05) is 12.6 Å². The van der Waals surface area contributed by atoms with E-state index in [0.717, 1.165) is 5.00 Å². The molecule has 0 radical (unpaired) electrons.